The summed E-state index contributed by atoms with van der Waals surface area (Å²) in [7, 11) is 1.42. The van der Waals surface area contributed by atoms with E-state index < -0.39 is 0 Å². The molecular formula is C12H18N2O3. The van der Waals surface area contributed by atoms with Gasteiger partial charge < -0.3 is 9.26 Å². The van der Waals surface area contributed by atoms with Crippen molar-refractivity contribution < 1.29 is 14.1 Å². The number of ether oxygens (including phenoxy) is 1. The van der Waals surface area contributed by atoms with Crippen LogP contribution in [0.15, 0.2) is 16.9 Å². The summed E-state index contributed by atoms with van der Waals surface area (Å²) in [5, 5.41) is 3.89. The Bertz CT molecular complexity index is 345. The third-order valence-electron chi connectivity index (χ3n) is 3.26. The van der Waals surface area contributed by atoms with Crippen molar-refractivity contribution in [1.29, 1.82) is 0 Å². The zero-order valence-electron chi connectivity index (χ0n) is 10.1. The number of carbonyl (C=O) groups is 1. The Labute approximate surface area is 101 Å². The molecule has 0 bridgehead atoms. The van der Waals surface area contributed by atoms with Gasteiger partial charge in [0.05, 0.1) is 19.3 Å². The number of esters is 1. The number of nitrogens with zero attached hydrogens (tertiary/aromatic N) is 2. The zero-order chi connectivity index (χ0) is 12.1. The zero-order valence-corrected chi connectivity index (χ0v) is 10.1. The van der Waals surface area contributed by atoms with Crippen LogP contribution in [0.3, 0.4) is 0 Å². The highest BCUT2D eigenvalue weighted by molar-refractivity contribution is 5.71. The average molecular weight is 238 g/mol. The number of hydrogen-bond donors (Lipinski definition) is 0. The molecule has 1 saturated carbocycles. The van der Waals surface area contributed by atoms with Crippen LogP contribution >= 0.6 is 0 Å². The molecule has 1 aliphatic rings. The van der Waals surface area contributed by atoms with Crippen molar-refractivity contribution >= 4 is 5.97 Å². The highest BCUT2D eigenvalue weighted by Gasteiger charge is 2.25. The Hall–Kier alpha value is -1.36. The molecule has 0 aliphatic heterocycles. The van der Waals surface area contributed by atoms with Gasteiger partial charge in [0.15, 0.2) is 0 Å². The summed E-state index contributed by atoms with van der Waals surface area (Å²) in [6, 6.07) is 2.30. The van der Waals surface area contributed by atoms with Gasteiger partial charge in [0.2, 0.25) is 0 Å². The van der Waals surface area contributed by atoms with Gasteiger partial charge in [-0.2, -0.15) is 0 Å². The van der Waals surface area contributed by atoms with Crippen LogP contribution in [0.5, 0.6) is 0 Å². The predicted octanol–water partition coefficient (Wildman–Crippen LogP) is 1.59. The molecule has 0 saturated heterocycles. The Morgan fingerprint density at radius 1 is 1.59 bits per heavy atom. The largest absolute Gasteiger partial charge is 0.468 e. The molecule has 5 heteroatoms. The highest BCUT2D eigenvalue weighted by atomic mass is 16.5. The van der Waals surface area contributed by atoms with E-state index in [9.17, 15) is 4.79 Å². The van der Waals surface area contributed by atoms with E-state index in [4.69, 9.17) is 9.26 Å². The predicted molar refractivity (Wildman–Crippen MR) is 61.2 cm³/mol. The summed E-state index contributed by atoms with van der Waals surface area (Å²) >= 11 is 0. The van der Waals surface area contributed by atoms with Crippen LogP contribution in [-0.4, -0.2) is 35.7 Å². The van der Waals surface area contributed by atoms with Crippen LogP contribution in [0.4, 0.5) is 0 Å². The standard InChI is InChI=1S/C12H18N2O3/c1-16-12(15)9-14(11-4-2-3-5-11)8-10-6-7-17-13-10/h6-7,11H,2-5,8-9H2,1H3. The number of aromatic nitrogens is 1. The van der Waals surface area contributed by atoms with E-state index in [1.165, 1.54) is 20.0 Å². The Balaban J connectivity index is 1.98. The Morgan fingerprint density at radius 3 is 2.94 bits per heavy atom. The minimum Gasteiger partial charge on any atom is -0.468 e. The van der Waals surface area contributed by atoms with E-state index in [0.29, 0.717) is 19.1 Å². The molecule has 1 aliphatic carbocycles. The van der Waals surface area contributed by atoms with Crippen molar-refractivity contribution in [2.45, 2.75) is 38.3 Å². The smallest absolute Gasteiger partial charge is 0.319 e. The second-order valence-corrected chi connectivity index (χ2v) is 4.41. The maximum atomic E-state index is 11.4. The maximum Gasteiger partial charge on any atom is 0.319 e. The summed E-state index contributed by atoms with van der Waals surface area (Å²) in [4.78, 5) is 13.5. The van der Waals surface area contributed by atoms with E-state index in [1.807, 2.05) is 6.07 Å². The molecular weight excluding hydrogens is 220 g/mol. The third kappa shape index (κ3) is 3.30. The normalized spacial score (nSPS) is 16.6. The SMILES string of the molecule is COC(=O)CN(Cc1ccon1)C1CCCC1. The molecule has 0 N–H and O–H groups in total. The minimum absolute atomic E-state index is 0.194. The Morgan fingerprint density at radius 2 is 2.35 bits per heavy atom. The lowest BCUT2D eigenvalue weighted by Crippen LogP contribution is -2.37. The van der Waals surface area contributed by atoms with Crippen LogP contribution in [0.2, 0.25) is 0 Å². The fraction of sp³-hybridized carbons (Fsp3) is 0.667. The van der Waals surface area contributed by atoms with E-state index in [1.54, 1.807) is 6.26 Å². The van der Waals surface area contributed by atoms with Crippen molar-refractivity contribution in [2.75, 3.05) is 13.7 Å². The lowest BCUT2D eigenvalue weighted by atomic mass is 10.2. The molecule has 1 aromatic rings. The van der Waals surface area contributed by atoms with E-state index >= 15 is 0 Å². The summed E-state index contributed by atoms with van der Waals surface area (Å²) in [5.74, 6) is -0.194. The number of carbonyl (C=O) groups excluding carboxylic acids is 1. The number of hydrogen-bond acceptors (Lipinski definition) is 5. The van der Waals surface area contributed by atoms with Gasteiger partial charge in [-0.05, 0) is 12.8 Å². The van der Waals surface area contributed by atoms with Crippen LogP contribution in [-0.2, 0) is 16.1 Å². The van der Waals surface area contributed by atoms with E-state index in [0.717, 1.165) is 18.5 Å². The first kappa shape index (κ1) is 12.1. The van der Waals surface area contributed by atoms with Crippen molar-refractivity contribution in [3.8, 4) is 0 Å². The molecule has 0 radical (unpaired) electrons. The lowest BCUT2D eigenvalue weighted by Gasteiger charge is -2.26. The summed E-state index contributed by atoms with van der Waals surface area (Å²) in [6.07, 6.45) is 6.33. The van der Waals surface area contributed by atoms with Gasteiger partial charge >= 0.3 is 5.97 Å². The molecule has 0 spiro atoms. The Kier molecular flexibility index (Phi) is 4.14. The first-order valence-electron chi connectivity index (χ1n) is 5.99. The average Bonchev–Trinajstić information content (AvgIpc) is 3.00. The second kappa shape index (κ2) is 5.82. The van der Waals surface area contributed by atoms with E-state index in [-0.39, 0.29) is 5.97 Å². The fourth-order valence-electron chi connectivity index (χ4n) is 2.34. The molecule has 0 aromatic carbocycles. The van der Waals surface area contributed by atoms with Crippen LogP contribution < -0.4 is 0 Å². The van der Waals surface area contributed by atoms with Gasteiger partial charge in [-0.15, -0.1) is 0 Å². The van der Waals surface area contributed by atoms with Gasteiger partial charge in [0, 0.05) is 18.7 Å². The molecule has 1 fully saturated rings. The third-order valence-corrected chi connectivity index (χ3v) is 3.26. The van der Waals surface area contributed by atoms with Crippen molar-refractivity contribution in [1.82, 2.24) is 10.1 Å². The van der Waals surface area contributed by atoms with Crippen LogP contribution in [0.25, 0.3) is 0 Å². The molecule has 2 rings (SSSR count). The molecule has 0 atom stereocenters. The lowest BCUT2D eigenvalue weighted by molar-refractivity contribution is -0.142. The molecule has 1 heterocycles. The monoisotopic (exact) mass is 238 g/mol. The topological polar surface area (TPSA) is 55.6 Å². The highest BCUT2D eigenvalue weighted by Crippen LogP contribution is 2.24. The van der Waals surface area contributed by atoms with Gasteiger partial charge in [0.25, 0.3) is 0 Å². The molecule has 5 nitrogen and oxygen atoms in total. The molecule has 1 aromatic heterocycles. The van der Waals surface area contributed by atoms with Crippen molar-refractivity contribution in [3.63, 3.8) is 0 Å². The minimum atomic E-state index is -0.194. The summed E-state index contributed by atoms with van der Waals surface area (Å²) in [6.45, 7) is 0.976. The van der Waals surface area contributed by atoms with Gasteiger partial charge in [0.1, 0.15) is 6.26 Å². The van der Waals surface area contributed by atoms with Gasteiger partial charge in [-0.25, -0.2) is 0 Å². The quantitative estimate of drug-likeness (QED) is 0.729. The number of methoxy groups -OCH3 is 1. The molecule has 17 heavy (non-hydrogen) atoms. The number of rotatable bonds is 5. The molecule has 94 valence electrons. The van der Waals surface area contributed by atoms with Crippen LogP contribution in [0.1, 0.15) is 31.4 Å². The summed E-state index contributed by atoms with van der Waals surface area (Å²) < 4.78 is 9.55. The second-order valence-electron chi connectivity index (χ2n) is 4.41. The van der Waals surface area contributed by atoms with Gasteiger partial charge in [-0.3, -0.25) is 9.69 Å². The van der Waals surface area contributed by atoms with Crippen molar-refractivity contribution in [3.05, 3.63) is 18.0 Å². The van der Waals surface area contributed by atoms with Gasteiger partial charge in [-0.1, -0.05) is 18.0 Å². The fourth-order valence-corrected chi connectivity index (χ4v) is 2.34. The summed E-state index contributed by atoms with van der Waals surface area (Å²) in [5.41, 5.74) is 0.862. The first-order valence-corrected chi connectivity index (χ1v) is 5.99. The van der Waals surface area contributed by atoms with Crippen molar-refractivity contribution in [2.24, 2.45) is 0 Å². The van der Waals surface area contributed by atoms with E-state index in [2.05, 4.69) is 10.1 Å². The maximum absolute atomic E-state index is 11.4. The van der Waals surface area contributed by atoms with Crippen LogP contribution in [0, 0.1) is 0 Å². The molecule has 0 amide bonds. The molecule has 0 unspecified atom stereocenters. The first-order chi connectivity index (χ1) is 8.29.